The van der Waals surface area contributed by atoms with Crippen LogP contribution in [0, 0.1) is 19.8 Å². The Morgan fingerprint density at radius 1 is 0.962 bits per heavy atom. The summed E-state index contributed by atoms with van der Waals surface area (Å²) in [7, 11) is 0. The summed E-state index contributed by atoms with van der Waals surface area (Å²) in [5.41, 5.74) is 1.26. The Hall–Kier alpha value is -2.44. The third kappa shape index (κ3) is 2.26. The zero-order chi connectivity index (χ0) is 18.0. The first-order chi connectivity index (χ1) is 12.5. The van der Waals surface area contributed by atoms with Gasteiger partial charge in [0, 0.05) is 25.1 Å². The molecule has 2 unspecified atom stereocenters. The predicted octanol–water partition coefficient (Wildman–Crippen LogP) is 4.48. The van der Waals surface area contributed by atoms with E-state index >= 15 is 0 Å². The minimum Gasteiger partial charge on any atom is -0.430 e. The summed E-state index contributed by atoms with van der Waals surface area (Å²) in [4.78, 5) is 29.0. The Morgan fingerprint density at radius 3 is 2.42 bits per heavy atom. The molecule has 0 amide bonds. The monoisotopic (exact) mass is 382 g/mol. The van der Waals surface area contributed by atoms with E-state index in [1.807, 2.05) is 44.2 Å². The van der Waals surface area contributed by atoms with Gasteiger partial charge in [-0.25, -0.2) is 4.79 Å². The van der Waals surface area contributed by atoms with Crippen molar-refractivity contribution in [2.45, 2.75) is 19.8 Å². The summed E-state index contributed by atoms with van der Waals surface area (Å²) >= 11 is 3.14. The van der Waals surface area contributed by atoms with E-state index in [1.54, 1.807) is 28.7 Å². The summed E-state index contributed by atoms with van der Waals surface area (Å²) in [6.07, 6.45) is 3.66. The number of ether oxygens (including phenoxy) is 2. The maximum absolute atomic E-state index is 12.5. The molecule has 2 aliphatic heterocycles. The third-order valence-corrected chi connectivity index (χ3v) is 6.88. The van der Waals surface area contributed by atoms with Crippen LogP contribution in [0.1, 0.15) is 25.4 Å². The molecular weight excluding hydrogens is 368 g/mol. The molecule has 1 aliphatic carbocycles. The Bertz CT molecular complexity index is 1060. The molecule has 1 saturated heterocycles. The highest BCUT2D eigenvalue weighted by atomic mass is 32.1. The smallest absolute Gasteiger partial charge is 0.345 e. The van der Waals surface area contributed by atoms with Gasteiger partial charge < -0.3 is 9.47 Å². The van der Waals surface area contributed by atoms with Crippen molar-refractivity contribution in [1.29, 1.82) is 0 Å². The van der Waals surface area contributed by atoms with Crippen LogP contribution in [0.25, 0.3) is 5.57 Å². The number of carbonyl (C=O) groups is 2. The summed E-state index contributed by atoms with van der Waals surface area (Å²) in [5, 5.41) is 0. The predicted molar refractivity (Wildman–Crippen MR) is 99.6 cm³/mol. The number of hydrogen-bond donors (Lipinski definition) is 0. The molecule has 2 aromatic heterocycles. The van der Waals surface area contributed by atoms with Gasteiger partial charge in [-0.1, -0.05) is 0 Å². The van der Waals surface area contributed by atoms with Gasteiger partial charge in [0.25, 0.3) is 0 Å². The molecular formula is C20H14O4S2. The van der Waals surface area contributed by atoms with Gasteiger partial charge in [-0.15, -0.1) is 22.7 Å². The van der Waals surface area contributed by atoms with Gasteiger partial charge in [0.15, 0.2) is 0 Å². The molecule has 0 bridgehead atoms. The standard InChI is InChI=1S/C20H14O4S2/c1-9-3-5-15(25-9)17-11-7-14-12(8-13(11)23-19(17)21)18(20(22)24-14)16-6-4-10(2)26-16/h3-8,11,17H,1-2H3. The van der Waals surface area contributed by atoms with Crippen LogP contribution < -0.4 is 0 Å². The van der Waals surface area contributed by atoms with Crippen molar-refractivity contribution in [3.63, 3.8) is 0 Å². The Balaban J connectivity index is 1.61. The molecule has 1 fully saturated rings. The van der Waals surface area contributed by atoms with Crippen molar-refractivity contribution < 1.29 is 19.1 Å². The van der Waals surface area contributed by atoms with E-state index in [9.17, 15) is 9.59 Å². The number of thiophene rings is 2. The average Bonchev–Trinajstić information content (AvgIpc) is 3.31. The van der Waals surface area contributed by atoms with Gasteiger partial charge in [0.1, 0.15) is 17.4 Å². The van der Waals surface area contributed by atoms with Crippen LogP contribution in [0.15, 0.2) is 53.5 Å². The quantitative estimate of drug-likeness (QED) is 0.719. The van der Waals surface area contributed by atoms with Crippen molar-refractivity contribution in [2.24, 2.45) is 5.92 Å². The lowest BCUT2D eigenvalue weighted by Gasteiger charge is -2.16. The van der Waals surface area contributed by atoms with Crippen LogP contribution in [0.2, 0.25) is 0 Å². The Morgan fingerprint density at radius 2 is 1.73 bits per heavy atom. The Labute approximate surface area is 158 Å². The van der Waals surface area contributed by atoms with E-state index in [4.69, 9.17) is 9.47 Å². The van der Waals surface area contributed by atoms with Gasteiger partial charge in [0.2, 0.25) is 0 Å². The topological polar surface area (TPSA) is 52.6 Å². The second-order valence-electron chi connectivity index (χ2n) is 6.54. The lowest BCUT2D eigenvalue weighted by molar-refractivity contribution is -0.137. The first-order valence-corrected chi connectivity index (χ1v) is 9.89. The number of carbonyl (C=O) groups excluding carboxylic acids is 2. The summed E-state index contributed by atoms with van der Waals surface area (Å²) in [5.74, 6) is -0.0762. The number of aryl methyl sites for hydroxylation is 2. The fourth-order valence-corrected chi connectivity index (χ4v) is 5.52. The van der Waals surface area contributed by atoms with Crippen LogP contribution in [0.3, 0.4) is 0 Å². The van der Waals surface area contributed by atoms with E-state index in [2.05, 4.69) is 0 Å². The molecule has 4 nitrogen and oxygen atoms in total. The largest absolute Gasteiger partial charge is 0.430 e. The van der Waals surface area contributed by atoms with Gasteiger partial charge in [-0.3, -0.25) is 4.79 Å². The first kappa shape index (κ1) is 15.8. The minimum atomic E-state index is -0.374. The zero-order valence-corrected chi connectivity index (χ0v) is 15.7. The molecule has 6 heteroatoms. The van der Waals surface area contributed by atoms with Gasteiger partial charge in [0.05, 0.1) is 11.5 Å². The normalized spacial score (nSPS) is 24.1. The van der Waals surface area contributed by atoms with Crippen LogP contribution in [0.4, 0.5) is 0 Å². The fourth-order valence-electron chi connectivity index (χ4n) is 3.59. The van der Waals surface area contributed by atoms with Crippen molar-refractivity contribution in [1.82, 2.24) is 0 Å². The second kappa shape index (κ2) is 5.53. The van der Waals surface area contributed by atoms with E-state index in [-0.39, 0.29) is 23.8 Å². The number of allylic oxidation sites excluding steroid dienone is 2. The summed E-state index contributed by atoms with van der Waals surface area (Å²) < 4.78 is 11.1. The van der Waals surface area contributed by atoms with Crippen molar-refractivity contribution >= 4 is 40.2 Å². The molecule has 26 heavy (non-hydrogen) atoms. The summed E-state index contributed by atoms with van der Waals surface area (Å²) in [6, 6.07) is 7.88. The van der Waals surface area contributed by atoms with E-state index in [1.165, 1.54) is 0 Å². The zero-order valence-electron chi connectivity index (χ0n) is 14.1. The number of esters is 2. The Kier molecular flexibility index (Phi) is 3.36. The molecule has 2 atom stereocenters. The lowest BCUT2D eigenvalue weighted by atomic mass is 9.86. The maximum atomic E-state index is 12.5. The molecule has 0 radical (unpaired) electrons. The van der Waals surface area contributed by atoms with E-state index < -0.39 is 0 Å². The highest BCUT2D eigenvalue weighted by Gasteiger charge is 2.46. The molecule has 2 aromatic rings. The van der Waals surface area contributed by atoms with Gasteiger partial charge in [-0.2, -0.15) is 0 Å². The van der Waals surface area contributed by atoms with Crippen molar-refractivity contribution in [3.8, 4) is 0 Å². The highest BCUT2D eigenvalue weighted by Crippen LogP contribution is 2.49. The number of fused-ring (bicyclic) bond motifs is 2. The van der Waals surface area contributed by atoms with Crippen molar-refractivity contribution in [3.05, 3.63) is 73.0 Å². The van der Waals surface area contributed by atoms with Crippen molar-refractivity contribution in [2.75, 3.05) is 0 Å². The van der Waals surface area contributed by atoms with Crippen LogP contribution >= 0.6 is 22.7 Å². The molecule has 130 valence electrons. The molecule has 0 N–H and O–H groups in total. The number of rotatable bonds is 2. The van der Waals surface area contributed by atoms with E-state index in [0.29, 0.717) is 22.7 Å². The second-order valence-corrected chi connectivity index (χ2v) is 9.15. The molecule has 0 spiro atoms. The minimum absolute atomic E-state index is 0.225. The van der Waals surface area contributed by atoms with E-state index in [0.717, 1.165) is 19.5 Å². The molecule has 3 aliphatic rings. The van der Waals surface area contributed by atoms with Crippen LogP contribution in [-0.4, -0.2) is 11.9 Å². The molecule has 0 aromatic carbocycles. The van der Waals surface area contributed by atoms with Gasteiger partial charge in [-0.05, 0) is 50.3 Å². The highest BCUT2D eigenvalue weighted by molar-refractivity contribution is 7.13. The lowest BCUT2D eigenvalue weighted by Crippen LogP contribution is -2.12. The molecule has 0 saturated carbocycles. The SMILES string of the molecule is Cc1ccc(C2=C3C=C4OC(=O)C(c5ccc(C)s5)C4C=C3OC2=O)s1. The first-order valence-electron chi connectivity index (χ1n) is 8.26. The maximum Gasteiger partial charge on any atom is 0.345 e. The molecule has 5 rings (SSSR count). The average molecular weight is 382 g/mol. The third-order valence-electron chi connectivity index (χ3n) is 4.77. The number of hydrogen-bond acceptors (Lipinski definition) is 6. The van der Waals surface area contributed by atoms with Crippen LogP contribution in [0.5, 0.6) is 0 Å². The fraction of sp³-hybridized carbons (Fsp3) is 0.200. The van der Waals surface area contributed by atoms with Crippen LogP contribution in [-0.2, 0) is 19.1 Å². The molecule has 4 heterocycles. The summed E-state index contributed by atoms with van der Waals surface area (Å²) in [6.45, 7) is 4.01. The van der Waals surface area contributed by atoms with Gasteiger partial charge >= 0.3 is 11.9 Å².